The van der Waals surface area contributed by atoms with Gasteiger partial charge in [-0.3, -0.25) is 4.79 Å². The summed E-state index contributed by atoms with van der Waals surface area (Å²) in [5, 5.41) is 2.79. The summed E-state index contributed by atoms with van der Waals surface area (Å²) in [6, 6.07) is 17.2. The molecule has 0 atom stereocenters. The Balaban J connectivity index is 1.71. The number of nitrogens with one attached hydrogen (secondary N) is 1. The van der Waals surface area contributed by atoms with Crippen molar-refractivity contribution >= 4 is 12.0 Å². The number of benzene rings is 2. The summed E-state index contributed by atoms with van der Waals surface area (Å²) in [5.74, 6) is -0.245. The molecule has 138 valence electrons. The molecule has 0 radical (unpaired) electrons. The number of ether oxygens (including phenoxy) is 2. The van der Waals surface area contributed by atoms with Crippen LogP contribution in [-0.2, 0) is 34.0 Å². The van der Waals surface area contributed by atoms with Crippen LogP contribution in [0.5, 0.6) is 0 Å². The van der Waals surface area contributed by atoms with Crippen LogP contribution in [0.15, 0.2) is 54.6 Å². The minimum absolute atomic E-state index is 0.0601. The number of methoxy groups -OCH3 is 1. The van der Waals surface area contributed by atoms with E-state index in [2.05, 4.69) is 5.32 Å². The fourth-order valence-electron chi connectivity index (χ4n) is 2.29. The minimum Gasteiger partial charge on any atom is -0.445 e. The van der Waals surface area contributed by atoms with E-state index in [1.54, 1.807) is 7.11 Å². The molecule has 0 heterocycles. The van der Waals surface area contributed by atoms with E-state index >= 15 is 0 Å². The first kappa shape index (κ1) is 19.5. The van der Waals surface area contributed by atoms with E-state index in [0.717, 1.165) is 16.7 Å². The van der Waals surface area contributed by atoms with Gasteiger partial charge < -0.3 is 19.7 Å². The van der Waals surface area contributed by atoms with Gasteiger partial charge in [0.25, 0.3) is 0 Å². The monoisotopic (exact) mass is 356 g/mol. The SMILES string of the molecule is COCc1ccc(CNC(=O)CN(C)C(=O)OCc2ccccc2)cc1. The molecule has 2 aromatic rings. The van der Waals surface area contributed by atoms with Crippen LogP contribution in [0.3, 0.4) is 0 Å². The van der Waals surface area contributed by atoms with Crippen molar-refractivity contribution in [2.24, 2.45) is 0 Å². The summed E-state index contributed by atoms with van der Waals surface area (Å²) in [6.07, 6.45) is -0.534. The Kier molecular flexibility index (Phi) is 7.64. The lowest BCUT2D eigenvalue weighted by molar-refractivity contribution is -0.121. The summed E-state index contributed by atoms with van der Waals surface area (Å²) in [7, 11) is 3.18. The first-order valence-electron chi connectivity index (χ1n) is 8.33. The zero-order valence-corrected chi connectivity index (χ0v) is 15.1. The van der Waals surface area contributed by atoms with E-state index < -0.39 is 6.09 Å². The van der Waals surface area contributed by atoms with Gasteiger partial charge in [-0.25, -0.2) is 4.79 Å². The number of nitrogens with zero attached hydrogens (tertiary/aromatic N) is 1. The summed E-state index contributed by atoms with van der Waals surface area (Å²) < 4.78 is 10.2. The molecule has 0 saturated carbocycles. The first-order valence-corrected chi connectivity index (χ1v) is 8.33. The highest BCUT2D eigenvalue weighted by Gasteiger charge is 2.14. The molecule has 0 spiro atoms. The van der Waals surface area contributed by atoms with Gasteiger partial charge in [-0.2, -0.15) is 0 Å². The first-order chi connectivity index (χ1) is 12.6. The number of rotatable bonds is 8. The smallest absolute Gasteiger partial charge is 0.410 e. The second kappa shape index (κ2) is 10.2. The van der Waals surface area contributed by atoms with Crippen molar-refractivity contribution < 1.29 is 19.1 Å². The molecular formula is C20H24N2O4. The molecule has 0 unspecified atom stereocenters. The highest BCUT2D eigenvalue weighted by Crippen LogP contribution is 2.05. The molecule has 0 saturated heterocycles. The van der Waals surface area contributed by atoms with Gasteiger partial charge in [0.05, 0.1) is 6.61 Å². The van der Waals surface area contributed by atoms with Crippen LogP contribution in [0, 0.1) is 0 Å². The average Bonchev–Trinajstić information content (AvgIpc) is 2.66. The van der Waals surface area contributed by atoms with Crippen LogP contribution in [0.4, 0.5) is 4.79 Å². The molecule has 2 aromatic carbocycles. The van der Waals surface area contributed by atoms with Crippen molar-refractivity contribution in [2.75, 3.05) is 20.7 Å². The lowest BCUT2D eigenvalue weighted by atomic mass is 10.1. The Morgan fingerprint density at radius 2 is 1.54 bits per heavy atom. The maximum absolute atomic E-state index is 12.0. The van der Waals surface area contributed by atoms with Gasteiger partial charge in [0, 0.05) is 20.7 Å². The predicted molar refractivity (Wildman–Crippen MR) is 98.3 cm³/mol. The largest absolute Gasteiger partial charge is 0.445 e. The second-order valence-corrected chi connectivity index (χ2v) is 5.92. The van der Waals surface area contributed by atoms with E-state index in [0.29, 0.717) is 13.2 Å². The van der Waals surface area contributed by atoms with Crippen molar-refractivity contribution in [3.63, 3.8) is 0 Å². The molecule has 6 heteroatoms. The van der Waals surface area contributed by atoms with Crippen molar-refractivity contribution in [1.82, 2.24) is 10.2 Å². The molecule has 1 N–H and O–H groups in total. The normalized spacial score (nSPS) is 10.2. The predicted octanol–water partition coefficient (Wildman–Crippen LogP) is 2.72. The molecule has 0 bridgehead atoms. The van der Waals surface area contributed by atoms with Crippen LogP contribution < -0.4 is 5.32 Å². The number of hydrogen-bond acceptors (Lipinski definition) is 4. The Hall–Kier alpha value is -2.86. The van der Waals surface area contributed by atoms with Gasteiger partial charge in [-0.15, -0.1) is 0 Å². The Bertz CT molecular complexity index is 702. The average molecular weight is 356 g/mol. The van der Waals surface area contributed by atoms with Crippen LogP contribution in [0.25, 0.3) is 0 Å². The summed E-state index contributed by atoms with van der Waals surface area (Å²) in [6.45, 7) is 1.08. The molecule has 0 aliphatic heterocycles. The standard InChI is InChI=1S/C20H24N2O4/c1-22(20(24)26-15-17-6-4-3-5-7-17)13-19(23)21-12-16-8-10-18(11-9-16)14-25-2/h3-11H,12-15H2,1-2H3,(H,21,23). The Morgan fingerprint density at radius 3 is 2.19 bits per heavy atom. The van der Waals surface area contributed by atoms with Crippen LogP contribution in [0.1, 0.15) is 16.7 Å². The van der Waals surface area contributed by atoms with E-state index in [9.17, 15) is 9.59 Å². The molecule has 2 amide bonds. The number of likely N-dealkylation sites (N-methyl/N-ethyl adjacent to an activating group) is 1. The zero-order valence-electron chi connectivity index (χ0n) is 15.1. The van der Waals surface area contributed by atoms with E-state index in [1.165, 1.54) is 11.9 Å². The fourth-order valence-corrected chi connectivity index (χ4v) is 2.29. The molecule has 0 aliphatic rings. The van der Waals surface area contributed by atoms with Gasteiger partial charge in [0.2, 0.25) is 5.91 Å². The highest BCUT2D eigenvalue weighted by atomic mass is 16.6. The van der Waals surface area contributed by atoms with Crippen LogP contribution in [0.2, 0.25) is 0 Å². The van der Waals surface area contributed by atoms with Crippen molar-refractivity contribution in [1.29, 1.82) is 0 Å². The summed E-state index contributed by atoms with van der Waals surface area (Å²) >= 11 is 0. The molecule has 0 aliphatic carbocycles. The van der Waals surface area contributed by atoms with Gasteiger partial charge in [0.15, 0.2) is 0 Å². The fraction of sp³-hybridized carbons (Fsp3) is 0.300. The Labute approximate surface area is 153 Å². The summed E-state index contributed by atoms with van der Waals surface area (Å²) in [4.78, 5) is 25.2. The number of carbonyl (C=O) groups is 2. The van der Waals surface area contributed by atoms with Gasteiger partial charge in [-0.05, 0) is 16.7 Å². The topological polar surface area (TPSA) is 67.9 Å². The minimum atomic E-state index is -0.534. The number of hydrogen-bond donors (Lipinski definition) is 1. The molecule has 6 nitrogen and oxygen atoms in total. The number of carbonyl (C=O) groups excluding carboxylic acids is 2. The summed E-state index contributed by atoms with van der Waals surface area (Å²) in [5.41, 5.74) is 2.95. The van der Waals surface area contributed by atoms with Crippen molar-refractivity contribution in [2.45, 2.75) is 19.8 Å². The van der Waals surface area contributed by atoms with Gasteiger partial charge in [0.1, 0.15) is 13.2 Å². The third-order valence-electron chi connectivity index (χ3n) is 3.72. The molecule has 26 heavy (non-hydrogen) atoms. The van der Waals surface area contributed by atoms with Crippen molar-refractivity contribution in [3.8, 4) is 0 Å². The highest BCUT2D eigenvalue weighted by molar-refractivity contribution is 5.82. The van der Waals surface area contributed by atoms with Crippen molar-refractivity contribution in [3.05, 3.63) is 71.3 Å². The molecule has 2 rings (SSSR count). The molecule has 0 aromatic heterocycles. The quantitative estimate of drug-likeness (QED) is 0.790. The maximum atomic E-state index is 12.0. The number of amides is 2. The third-order valence-corrected chi connectivity index (χ3v) is 3.72. The van der Waals surface area contributed by atoms with Gasteiger partial charge in [-0.1, -0.05) is 54.6 Å². The van der Waals surface area contributed by atoms with E-state index in [-0.39, 0.29) is 19.1 Å². The Morgan fingerprint density at radius 1 is 0.923 bits per heavy atom. The van der Waals surface area contributed by atoms with E-state index in [1.807, 2.05) is 54.6 Å². The molecular weight excluding hydrogens is 332 g/mol. The second-order valence-electron chi connectivity index (χ2n) is 5.92. The van der Waals surface area contributed by atoms with Crippen LogP contribution >= 0.6 is 0 Å². The van der Waals surface area contributed by atoms with Gasteiger partial charge >= 0.3 is 6.09 Å². The zero-order chi connectivity index (χ0) is 18.8. The third kappa shape index (κ3) is 6.57. The lowest BCUT2D eigenvalue weighted by Crippen LogP contribution is -2.38. The lowest BCUT2D eigenvalue weighted by Gasteiger charge is -2.16. The maximum Gasteiger partial charge on any atom is 0.410 e. The molecule has 0 fully saturated rings. The van der Waals surface area contributed by atoms with Crippen LogP contribution in [-0.4, -0.2) is 37.6 Å². The van der Waals surface area contributed by atoms with E-state index in [4.69, 9.17) is 9.47 Å².